The van der Waals surface area contributed by atoms with E-state index in [4.69, 9.17) is 4.74 Å². The van der Waals surface area contributed by atoms with Gasteiger partial charge in [0.1, 0.15) is 5.56 Å². The van der Waals surface area contributed by atoms with Gasteiger partial charge in [-0.25, -0.2) is 4.98 Å². The lowest BCUT2D eigenvalue weighted by Gasteiger charge is -2.28. The van der Waals surface area contributed by atoms with Crippen LogP contribution in [0.3, 0.4) is 0 Å². The van der Waals surface area contributed by atoms with E-state index in [-0.39, 0.29) is 12.3 Å². The number of carboxylic acids is 1. The van der Waals surface area contributed by atoms with E-state index in [9.17, 15) is 14.7 Å². The van der Waals surface area contributed by atoms with E-state index in [1.165, 1.54) is 12.0 Å². The number of rotatable bonds is 6. The van der Waals surface area contributed by atoms with Gasteiger partial charge in [0.05, 0.1) is 19.6 Å². The molecule has 1 aliphatic carbocycles. The molecule has 6 nitrogen and oxygen atoms in total. The zero-order valence-electron chi connectivity index (χ0n) is 14.9. The van der Waals surface area contributed by atoms with Crippen LogP contribution in [-0.2, 0) is 17.6 Å². The molecule has 136 valence electrons. The molecule has 0 radical (unpaired) electrons. The van der Waals surface area contributed by atoms with Crippen LogP contribution in [0.5, 0.6) is 5.88 Å². The van der Waals surface area contributed by atoms with E-state index in [2.05, 4.69) is 4.98 Å². The van der Waals surface area contributed by atoms with Crippen molar-refractivity contribution in [3.8, 4) is 5.88 Å². The fraction of sp³-hybridized carbons (Fsp3) is 0.350. The summed E-state index contributed by atoms with van der Waals surface area (Å²) in [7, 11) is 3.11. The van der Waals surface area contributed by atoms with Crippen LogP contribution in [0.4, 0.5) is 0 Å². The summed E-state index contributed by atoms with van der Waals surface area (Å²) in [6, 6.07) is 10.5. The number of hydrogen-bond acceptors (Lipinski definition) is 4. The van der Waals surface area contributed by atoms with Crippen molar-refractivity contribution in [1.82, 2.24) is 9.88 Å². The Hall–Kier alpha value is -2.89. The van der Waals surface area contributed by atoms with Crippen LogP contribution >= 0.6 is 0 Å². The number of carbonyl (C=O) groups is 2. The standard InChI is InChI=1S/C20H22N2O4/c1-22(17(12-18(23)24)13-7-4-3-5-8-13)20(25)15-11-14-9-6-10-16(14)21-19(15)26-2/h3-5,7-8,11,17H,6,9-10,12H2,1-2H3,(H,23,24)/t17-/m1/s1. The van der Waals surface area contributed by atoms with Gasteiger partial charge in [0.15, 0.2) is 0 Å². The Morgan fingerprint density at radius 3 is 2.65 bits per heavy atom. The molecule has 26 heavy (non-hydrogen) atoms. The second-order valence-corrected chi connectivity index (χ2v) is 6.44. The summed E-state index contributed by atoms with van der Waals surface area (Å²) in [5.74, 6) is -0.957. The lowest BCUT2D eigenvalue weighted by molar-refractivity contribution is -0.138. The monoisotopic (exact) mass is 354 g/mol. The number of amides is 1. The normalized spacial score (nSPS) is 13.8. The topological polar surface area (TPSA) is 79.7 Å². The van der Waals surface area contributed by atoms with Gasteiger partial charge >= 0.3 is 5.97 Å². The minimum absolute atomic E-state index is 0.174. The number of pyridine rings is 1. The molecule has 0 fully saturated rings. The fourth-order valence-corrected chi connectivity index (χ4v) is 3.41. The molecule has 0 bridgehead atoms. The van der Waals surface area contributed by atoms with Crippen LogP contribution in [0, 0.1) is 0 Å². The molecule has 1 heterocycles. The van der Waals surface area contributed by atoms with Crippen molar-refractivity contribution >= 4 is 11.9 Å². The van der Waals surface area contributed by atoms with E-state index in [0.29, 0.717) is 11.4 Å². The van der Waals surface area contributed by atoms with Crippen molar-refractivity contribution in [2.75, 3.05) is 14.2 Å². The van der Waals surface area contributed by atoms with Gasteiger partial charge in [0.25, 0.3) is 5.91 Å². The van der Waals surface area contributed by atoms with Crippen LogP contribution < -0.4 is 4.74 Å². The lowest BCUT2D eigenvalue weighted by atomic mass is 10.0. The second kappa shape index (κ2) is 7.56. The fourth-order valence-electron chi connectivity index (χ4n) is 3.41. The molecule has 0 saturated heterocycles. The van der Waals surface area contributed by atoms with Crippen molar-refractivity contribution in [3.05, 3.63) is 58.8 Å². The van der Waals surface area contributed by atoms with Gasteiger partial charge in [-0.3, -0.25) is 9.59 Å². The molecular formula is C20H22N2O4. The third-order valence-corrected chi connectivity index (χ3v) is 4.78. The summed E-state index contributed by atoms with van der Waals surface area (Å²) in [5.41, 5.74) is 3.20. The highest BCUT2D eigenvalue weighted by Gasteiger charge is 2.29. The Bertz CT molecular complexity index is 820. The average molecular weight is 354 g/mol. The van der Waals surface area contributed by atoms with Crippen LogP contribution in [0.1, 0.15) is 46.1 Å². The van der Waals surface area contributed by atoms with Crippen LogP contribution in [0.2, 0.25) is 0 Å². The second-order valence-electron chi connectivity index (χ2n) is 6.44. The lowest BCUT2D eigenvalue weighted by Crippen LogP contribution is -2.33. The van der Waals surface area contributed by atoms with Crippen LogP contribution in [0.15, 0.2) is 36.4 Å². The van der Waals surface area contributed by atoms with Gasteiger partial charge < -0.3 is 14.7 Å². The number of nitrogens with zero attached hydrogens (tertiary/aromatic N) is 2. The number of hydrogen-bond donors (Lipinski definition) is 1. The van der Waals surface area contributed by atoms with E-state index in [1.54, 1.807) is 7.05 Å². The highest BCUT2D eigenvalue weighted by Crippen LogP contribution is 2.30. The Labute approximate surface area is 152 Å². The molecule has 1 N–H and O–H groups in total. The van der Waals surface area contributed by atoms with E-state index >= 15 is 0 Å². The Morgan fingerprint density at radius 1 is 1.27 bits per heavy atom. The number of aliphatic carboxylic acids is 1. The van der Waals surface area contributed by atoms with Gasteiger partial charge in [-0.2, -0.15) is 0 Å². The minimum atomic E-state index is -0.961. The maximum absolute atomic E-state index is 13.1. The molecule has 0 saturated carbocycles. The molecule has 1 aromatic carbocycles. The van der Waals surface area contributed by atoms with Crippen molar-refractivity contribution in [1.29, 1.82) is 0 Å². The number of methoxy groups -OCH3 is 1. The predicted molar refractivity (Wildman–Crippen MR) is 96.3 cm³/mol. The molecule has 0 spiro atoms. The van der Waals surface area contributed by atoms with Gasteiger partial charge in [-0.1, -0.05) is 30.3 Å². The Morgan fingerprint density at radius 2 is 2.00 bits per heavy atom. The number of ether oxygens (including phenoxy) is 1. The molecule has 2 aromatic rings. The first-order valence-electron chi connectivity index (χ1n) is 8.62. The largest absolute Gasteiger partial charge is 0.481 e. The molecule has 6 heteroatoms. The molecule has 1 aliphatic rings. The predicted octanol–water partition coefficient (Wildman–Crippen LogP) is 2.87. The van der Waals surface area contributed by atoms with E-state index in [0.717, 1.165) is 36.1 Å². The third-order valence-electron chi connectivity index (χ3n) is 4.78. The zero-order chi connectivity index (χ0) is 18.7. The molecule has 3 rings (SSSR count). The number of aryl methyl sites for hydroxylation is 2. The Kier molecular flexibility index (Phi) is 5.21. The summed E-state index contributed by atoms with van der Waals surface area (Å²) in [6.45, 7) is 0. The van der Waals surface area contributed by atoms with E-state index in [1.807, 2.05) is 36.4 Å². The minimum Gasteiger partial charge on any atom is -0.481 e. The quantitative estimate of drug-likeness (QED) is 0.863. The molecular weight excluding hydrogens is 332 g/mol. The average Bonchev–Trinajstić information content (AvgIpc) is 3.11. The first-order chi connectivity index (χ1) is 12.5. The zero-order valence-corrected chi connectivity index (χ0v) is 14.9. The maximum atomic E-state index is 13.1. The Balaban J connectivity index is 1.96. The van der Waals surface area contributed by atoms with Gasteiger partial charge in [0, 0.05) is 12.7 Å². The molecule has 0 unspecified atom stereocenters. The number of carbonyl (C=O) groups excluding carboxylic acids is 1. The summed E-state index contributed by atoms with van der Waals surface area (Å²) >= 11 is 0. The van der Waals surface area contributed by atoms with Gasteiger partial charge in [0.2, 0.25) is 5.88 Å². The van der Waals surface area contributed by atoms with Gasteiger partial charge in [-0.15, -0.1) is 0 Å². The van der Waals surface area contributed by atoms with Crippen LogP contribution in [-0.4, -0.2) is 41.0 Å². The van der Waals surface area contributed by atoms with Crippen molar-refractivity contribution in [2.45, 2.75) is 31.7 Å². The first kappa shape index (κ1) is 17.9. The third kappa shape index (κ3) is 3.54. The number of carboxylic acid groups (broad SMARTS) is 1. The highest BCUT2D eigenvalue weighted by atomic mass is 16.5. The molecule has 1 aromatic heterocycles. The highest BCUT2D eigenvalue weighted by molar-refractivity contribution is 5.97. The van der Waals surface area contributed by atoms with Gasteiger partial charge in [-0.05, 0) is 36.5 Å². The number of fused-ring (bicyclic) bond motifs is 1. The summed E-state index contributed by atoms with van der Waals surface area (Å²) < 4.78 is 5.33. The smallest absolute Gasteiger partial charge is 0.305 e. The van der Waals surface area contributed by atoms with Crippen molar-refractivity contribution < 1.29 is 19.4 Å². The van der Waals surface area contributed by atoms with Crippen molar-refractivity contribution in [3.63, 3.8) is 0 Å². The number of benzene rings is 1. The summed E-state index contributed by atoms with van der Waals surface area (Å²) in [6.07, 6.45) is 2.63. The summed E-state index contributed by atoms with van der Waals surface area (Å²) in [4.78, 5) is 30.4. The van der Waals surface area contributed by atoms with Crippen molar-refractivity contribution in [2.24, 2.45) is 0 Å². The molecule has 1 amide bonds. The maximum Gasteiger partial charge on any atom is 0.305 e. The number of aromatic nitrogens is 1. The summed E-state index contributed by atoms with van der Waals surface area (Å²) in [5, 5.41) is 9.30. The molecule has 1 atom stereocenters. The SMILES string of the molecule is COc1nc2c(cc1C(=O)N(C)[C@H](CC(=O)O)c1ccccc1)CCC2. The van der Waals surface area contributed by atoms with Crippen LogP contribution in [0.25, 0.3) is 0 Å². The van der Waals surface area contributed by atoms with E-state index < -0.39 is 12.0 Å². The first-order valence-corrected chi connectivity index (χ1v) is 8.62. The molecule has 0 aliphatic heterocycles.